The Morgan fingerprint density at radius 1 is 0.931 bits per heavy atom. The average Bonchev–Trinajstić information content (AvgIpc) is 2.71. The van der Waals surface area contributed by atoms with Gasteiger partial charge in [0, 0.05) is 12.8 Å². The lowest BCUT2D eigenvalue weighted by atomic mass is 9.97. The molecule has 0 fully saturated rings. The SMILES string of the molecule is CCC[NH2+][C@@H](CCC(C)C)Cc1ccc(OC)c(OCCc2ccccc2)c1.[Cl-]. The van der Waals surface area contributed by atoms with Crippen LogP contribution >= 0.6 is 0 Å². The van der Waals surface area contributed by atoms with Crippen molar-refractivity contribution in [3.63, 3.8) is 0 Å². The Morgan fingerprint density at radius 3 is 2.34 bits per heavy atom. The second kappa shape index (κ2) is 14.3. The second-order valence-corrected chi connectivity index (χ2v) is 8.03. The van der Waals surface area contributed by atoms with Crippen molar-refractivity contribution in [2.45, 2.75) is 58.9 Å². The molecule has 2 aromatic rings. The third kappa shape index (κ3) is 9.56. The fraction of sp³-hybridized carbons (Fsp3) is 0.520. The van der Waals surface area contributed by atoms with Gasteiger partial charge in [-0.15, -0.1) is 0 Å². The van der Waals surface area contributed by atoms with E-state index in [0.717, 1.165) is 30.3 Å². The summed E-state index contributed by atoms with van der Waals surface area (Å²) in [7, 11) is 1.71. The van der Waals surface area contributed by atoms with Crippen molar-refractivity contribution >= 4 is 0 Å². The topological polar surface area (TPSA) is 35.1 Å². The molecule has 0 aromatic heterocycles. The van der Waals surface area contributed by atoms with Crippen LogP contribution in [0.4, 0.5) is 0 Å². The van der Waals surface area contributed by atoms with E-state index in [1.165, 1.54) is 36.9 Å². The van der Waals surface area contributed by atoms with Crippen molar-refractivity contribution in [2.75, 3.05) is 20.3 Å². The minimum Gasteiger partial charge on any atom is -1.00 e. The number of benzene rings is 2. The molecule has 0 saturated heterocycles. The number of nitrogens with two attached hydrogens (primary N) is 1. The third-order valence-electron chi connectivity index (χ3n) is 5.12. The molecule has 0 aliphatic carbocycles. The van der Waals surface area contributed by atoms with E-state index < -0.39 is 0 Å². The highest BCUT2D eigenvalue weighted by atomic mass is 35.5. The summed E-state index contributed by atoms with van der Waals surface area (Å²) in [6, 6.07) is 17.5. The molecule has 2 rings (SSSR count). The lowest BCUT2D eigenvalue weighted by molar-refractivity contribution is -0.689. The van der Waals surface area contributed by atoms with E-state index in [2.05, 4.69) is 62.5 Å². The van der Waals surface area contributed by atoms with E-state index in [0.29, 0.717) is 12.6 Å². The van der Waals surface area contributed by atoms with Crippen LogP contribution < -0.4 is 27.2 Å². The van der Waals surface area contributed by atoms with Gasteiger partial charge in [0.05, 0.1) is 26.3 Å². The predicted octanol–water partition coefficient (Wildman–Crippen LogP) is 1.64. The summed E-state index contributed by atoms with van der Waals surface area (Å²) in [5.74, 6) is 2.42. The Bertz CT molecular complexity index is 676. The molecule has 0 heterocycles. The first kappa shape index (κ1) is 25.3. The zero-order valence-corrected chi connectivity index (χ0v) is 19.3. The summed E-state index contributed by atoms with van der Waals surface area (Å²) < 4.78 is 11.6. The van der Waals surface area contributed by atoms with Gasteiger partial charge in [0.2, 0.25) is 0 Å². The maximum Gasteiger partial charge on any atom is 0.161 e. The largest absolute Gasteiger partial charge is 1.00 e. The lowest BCUT2D eigenvalue weighted by Gasteiger charge is -2.18. The van der Waals surface area contributed by atoms with Crippen LogP contribution in [0, 0.1) is 5.92 Å². The van der Waals surface area contributed by atoms with Gasteiger partial charge in [-0.25, -0.2) is 0 Å². The fourth-order valence-corrected chi connectivity index (χ4v) is 3.44. The number of hydrogen-bond acceptors (Lipinski definition) is 2. The molecule has 2 N–H and O–H groups in total. The third-order valence-corrected chi connectivity index (χ3v) is 5.12. The molecule has 2 aromatic carbocycles. The summed E-state index contributed by atoms with van der Waals surface area (Å²) in [5.41, 5.74) is 2.62. The van der Waals surface area contributed by atoms with Crippen LogP contribution in [0.1, 0.15) is 51.2 Å². The molecule has 0 radical (unpaired) electrons. The lowest BCUT2D eigenvalue weighted by Crippen LogP contribution is -3.00. The molecule has 1 atom stereocenters. The van der Waals surface area contributed by atoms with Crippen molar-refractivity contribution in [3.05, 3.63) is 59.7 Å². The molecule has 0 aliphatic heterocycles. The Morgan fingerprint density at radius 2 is 1.69 bits per heavy atom. The van der Waals surface area contributed by atoms with Crippen LogP contribution in [-0.4, -0.2) is 26.3 Å². The number of rotatable bonds is 13. The monoisotopic (exact) mass is 419 g/mol. The highest BCUT2D eigenvalue weighted by Crippen LogP contribution is 2.29. The van der Waals surface area contributed by atoms with Gasteiger partial charge in [-0.05, 0) is 48.4 Å². The van der Waals surface area contributed by atoms with E-state index in [4.69, 9.17) is 9.47 Å². The molecule has 0 aliphatic rings. The Hall–Kier alpha value is -1.71. The van der Waals surface area contributed by atoms with Crippen LogP contribution in [0.2, 0.25) is 0 Å². The van der Waals surface area contributed by atoms with Gasteiger partial charge in [0.1, 0.15) is 0 Å². The number of quaternary nitrogens is 1. The van der Waals surface area contributed by atoms with Gasteiger partial charge < -0.3 is 27.2 Å². The number of methoxy groups -OCH3 is 1. The van der Waals surface area contributed by atoms with E-state index in [9.17, 15) is 0 Å². The smallest absolute Gasteiger partial charge is 0.161 e. The van der Waals surface area contributed by atoms with Crippen molar-refractivity contribution in [2.24, 2.45) is 5.92 Å². The van der Waals surface area contributed by atoms with Crippen LogP contribution in [0.15, 0.2) is 48.5 Å². The van der Waals surface area contributed by atoms with E-state index in [-0.39, 0.29) is 12.4 Å². The molecule has 4 heteroatoms. The van der Waals surface area contributed by atoms with Crippen LogP contribution in [-0.2, 0) is 12.8 Å². The van der Waals surface area contributed by atoms with Gasteiger partial charge in [0.15, 0.2) is 11.5 Å². The van der Waals surface area contributed by atoms with Crippen LogP contribution in [0.25, 0.3) is 0 Å². The maximum atomic E-state index is 6.10. The minimum atomic E-state index is 0. The summed E-state index contributed by atoms with van der Waals surface area (Å²) in [5, 5.41) is 2.52. The van der Waals surface area contributed by atoms with Gasteiger partial charge in [-0.3, -0.25) is 0 Å². The maximum absolute atomic E-state index is 6.10. The summed E-state index contributed by atoms with van der Waals surface area (Å²) in [4.78, 5) is 0. The van der Waals surface area contributed by atoms with Crippen LogP contribution in [0.5, 0.6) is 11.5 Å². The molecule has 0 saturated carbocycles. The first-order chi connectivity index (χ1) is 13.6. The zero-order valence-electron chi connectivity index (χ0n) is 18.5. The molecule has 0 unspecified atom stereocenters. The summed E-state index contributed by atoms with van der Waals surface area (Å²) in [6.45, 7) is 8.72. The van der Waals surface area contributed by atoms with Crippen molar-refractivity contribution in [1.82, 2.24) is 0 Å². The van der Waals surface area contributed by atoms with E-state index in [1.54, 1.807) is 7.11 Å². The molecule has 0 spiro atoms. The Labute approximate surface area is 183 Å². The molecule has 0 bridgehead atoms. The molecule has 162 valence electrons. The minimum absolute atomic E-state index is 0. The highest BCUT2D eigenvalue weighted by molar-refractivity contribution is 5.43. The standard InChI is InChI=1S/C25H37NO2.ClH/c1-5-16-26-23(13-11-20(2)3)18-22-12-14-24(27-4)25(19-22)28-17-15-21-9-7-6-8-10-21;/h6-10,12,14,19-20,23,26H,5,11,13,15-18H2,1-4H3;1H/t23-;/m0./s1. The quantitative estimate of drug-likeness (QED) is 0.535. The van der Waals surface area contributed by atoms with Gasteiger partial charge in [-0.2, -0.15) is 0 Å². The normalized spacial score (nSPS) is 11.8. The molecule has 3 nitrogen and oxygen atoms in total. The van der Waals surface area contributed by atoms with Crippen molar-refractivity contribution < 1.29 is 27.2 Å². The Balaban J connectivity index is 0.00000420. The predicted molar refractivity (Wildman–Crippen MR) is 117 cm³/mol. The highest BCUT2D eigenvalue weighted by Gasteiger charge is 2.15. The van der Waals surface area contributed by atoms with Gasteiger partial charge in [0.25, 0.3) is 0 Å². The Kier molecular flexibility index (Phi) is 12.5. The van der Waals surface area contributed by atoms with Crippen molar-refractivity contribution in [1.29, 1.82) is 0 Å². The van der Waals surface area contributed by atoms with E-state index >= 15 is 0 Å². The molecule has 29 heavy (non-hydrogen) atoms. The zero-order chi connectivity index (χ0) is 20.2. The average molecular weight is 420 g/mol. The first-order valence-corrected chi connectivity index (χ1v) is 10.8. The second-order valence-electron chi connectivity index (χ2n) is 8.03. The van der Waals surface area contributed by atoms with Crippen molar-refractivity contribution in [3.8, 4) is 11.5 Å². The fourth-order valence-electron chi connectivity index (χ4n) is 3.44. The van der Waals surface area contributed by atoms with Gasteiger partial charge >= 0.3 is 0 Å². The number of hydrogen-bond donors (Lipinski definition) is 1. The summed E-state index contributed by atoms with van der Waals surface area (Å²) >= 11 is 0. The van der Waals surface area contributed by atoms with E-state index in [1.807, 2.05) is 12.1 Å². The summed E-state index contributed by atoms with van der Waals surface area (Å²) in [6.07, 6.45) is 5.73. The van der Waals surface area contributed by atoms with Crippen LogP contribution in [0.3, 0.4) is 0 Å². The number of ether oxygens (including phenoxy) is 2. The molecular formula is C25H38ClNO2. The number of halogens is 1. The molecule has 0 amide bonds. The van der Waals surface area contributed by atoms with Gasteiger partial charge in [-0.1, -0.05) is 57.2 Å². The first-order valence-electron chi connectivity index (χ1n) is 10.8. The molecular weight excluding hydrogens is 382 g/mol.